The smallest absolute Gasteiger partial charge is 0.267 e. The topological polar surface area (TPSA) is 79.0 Å². The Morgan fingerprint density at radius 1 is 1.15 bits per heavy atom. The molecule has 2 saturated heterocycles. The van der Waals surface area contributed by atoms with Crippen molar-refractivity contribution in [2.24, 2.45) is 0 Å². The van der Waals surface area contributed by atoms with Gasteiger partial charge < -0.3 is 10.1 Å². The van der Waals surface area contributed by atoms with Crippen LogP contribution >= 0.6 is 24.0 Å². The summed E-state index contributed by atoms with van der Waals surface area (Å²) in [5.41, 5.74) is 3.22. The number of thioether (sulfide) groups is 1. The van der Waals surface area contributed by atoms with Gasteiger partial charge >= 0.3 is 0 Å². The van der Waals surface area contributed by atoms with Crippen LogP contribution in [-0.4, -0.2) is 52.7 Å². The molecule has 0 unspecified atom stereocenters. The summed E-state index contributed by atoms with van der Waals surface area (Å²) >= 11 is 6.61. The molecule has 9 heteroatoms. The molecule has 0 bridgehead atoms. The van der Waals surface area contributed by atoms with E-state index in [2.05, 4.69) is 5.32 Å². The van der Waals surface area contributed by atoms with E-state index in [9.17, 15) is 14.4 Å². The minimum Gasteiger partial charge on any atom is -0.376 e. The van der Waals surface area contributed by atoms with Crippen molar-refractivity contribution in [2.45, 2.75) is 25.9 Å². The predicted octanol–water partition coefficient (Wildman–Crippen LogP) is 3.73. The molecule has 0 spiro atoms. The second-order valence-electron chi connectivity index (χ2n) is 8.45. The van der Waals surface area contributed by atoms with Crippen molar-refractivity contribution in [2.75, 3.05) is 29.9 Å². The standard InChI is InChI=1S/C25H23N3O4S2/c1-15-6-4-7-16(12-15)26-20(29)14-27-19-10-3-2-9-18(19)21(23(27)30)22-24(31)28(25(33)34-22)13-17-8-5-11-32-17/h2-4,6-7,9-10,12,17H,5,8,11,13-14H2,1H3,(H,26,29)/b22-21-/t17-/m1/s1. The van der Waals surface area contributed by atoms with E-state index < -0.39 is 0 Å². The fourth-order valence-electron chi connectivity index (χ4n) is 4.42. The summed E-state index contributed by atoms with van der Waals surface area (Å²) in [6.07, 6.45) is 1.81. The van der Waals surface area contributed by atoms with E-state index in [0.29, 0.717) is 44.9 Å². The number of carbonyl (C=O) groups excluding carboxylic acids is 3. The van der Waals surface area contributed by atoms with Gasteiger partial charge in [0.15, 0.2) is 0 Å². The summed E-state index contributed by atoms with van der Waals surface area (Å²) in [6.45, 7) is 2.85. The Morgan fingerprint density at radius 3 is 2.74 bits per heavy atom. The molecule has 2 fully saturated rings. The highest BCUT2D eigenvalue weighted by Crippen LogP contribution is 2.44. The van der Waals surface area contributed by atoms with E-state index in [1.165, 1.54) is 9.80 Å². The van der Waals surface area contributed by atoms with Crippen molar-refractivity contribution < 1.29 is 19.1 Å². The van der Waals surface area contributed by atoms with Gasteiger partial charge in [-0.2, -0.15) is 0 Å². The predicted molar refractivity (Wildman–Crippen MR) is 136 cm³/mol. The minimum atomic E-state index is -0.377. The van der Waals surface area contributed by atoms with Gasteiger partial charge in [0.25, 0.3) is 11.8 Å². The zero-order valence-corrected chi connectivity index (χ0v) is 20.2. The maximum absolute atomic E-state index is 13.5. The molecule has 34 heavy (non-hydrogen) atoms. The molecule has 7 nitrogen and oxygen atoms in total. The quantitative estimate of drug-likeness (QED) is 0.505. The first-order chi connectivity index (χ1) is 16.4. The summed E-state index contributed by atoms with van der Waals surface area (Å²) in [6, 6.07) is 14.7. The summed E-state index contributed by atoms with van der Waals surface area (Å²) in [4.78, 5) is 42.9. The first-order valence-corrected chi connectivity index (χ1v) is 12.3. The Labute approximate surface area is 207 Å². The van der Waals surface area contributed by atoms with E-state index in [1.54, 1.807) is 18.2 Å². The number of amides is 3. The number of thiocarbonyl (C=S) groups is 1. The zero-order valence-electron chi connectivity index (χ0n) is 18.6. The molecule has 0 saturated carbocycles. The fraction of sp³-hybridized carbons (Fsp3) is 0.280. The number of carbonyl (C=O) groups is 3. The molecule has 1 atom stereocenters. The first-order valence-electron chi connectivity index (χ1n) is 11.1. The van der Waals surface area contributed by atoms with E-state index in [0.717, 1.165) is 30.2 Å². The highest BCUT2D eigenvalue weighted by molar-refractivity contribution is 8.26. The summed E-state index contributed by atoms with van der Waals surface area (Å²) in [7, 11) is 0. The average Bonchev–Trinajstić information content (AvgIpc) is 3.49. The number of hydrogen-bond donors (Lipinski definition) is 1. The van der Waals surface area contributed by atoms with Gasteiger partial charge in [-0.3, -0.25) is 24.2 Å². The zero-order chi connectivity index (χ0) is 23.8. The molecular weight excluding hydrogens is 470 g/mol. The van der Waals surface area contributed by atoms with Crippen LogP contribution in [0.25, 0.3) is 5.57 Å². The van der Waals surface area contributed by atoms with Crippen LogP contribution in [0.15, 0.2) is 53.4 Å². The third-order valence-corrected chi connectivity index (χ3v) is 7.46. The van der Waals surface area contributed by atoms with Gasteiger partial charge in [0, 0.05) is 17.9 Å². The lowest BCUT2D eigenvalue weighted by Gasteiger charge is -2.18. The third-order valence-electron chi connectivity index (χ3n) is 6.01. The van der Waals surface area contributed by atoms with Crippen molar-refractivity contribution in [1.29, 1.82) is 0 Å². The highest BCUT2D eigenvalue weighted by atomic mass is 32.2. The number of nitrogens with one attached hydrogen (secondary N) is 1. The molecule has 3 heterocycles. The summed E-state index contributed by atoms with van der Waals surface area (Å²) in [5.74, 6) is -0.978. The molecule has 3 aliphatic rings. The second kappa shape index (κ2) is 9.32. The van der Waals surface area contributed by atoms with Crippen molar-refractivity contribution in [3.8, 4) is 0 Å². The third kappa shape index (κ3) is 4.26. The lowest BCUT2D eigenvalue weighted by atomic mass is 10.1. The van der Waals surface area contributed by atoms with Crippen LogP contribution < -0.4 is 10.2 Å². The number of fused-ring (bicyclic) bond motifs is 1. The fourth-order valence-corrected chi connectivity index (χ4v) is 5.77. The highest BCUT2D eigenvalue weighted by Gasteiger charge is 2.43. The SMILES string of the molecule is Cc1cccc(NC(=O)CN2C(=O)/C(=C3\SC(=S)N(C[C@H]4CCCO4)C3=O)c3ccccc32)c1. The number of nitrogens with zero attached hydrogens (tertiary/aromatic N) is 2. The number of anilines is 2. The van der Waals surface area contributed by atoms with Gasteiger partial charge in [-0.15, -0.1) is 0 Å². The van der Waals surface area contributed by atoms with E-state index in [-0.39, 0.29) is 30.4 Å². The van der Waals surface area contributed by atoms with Crippen molar-refractivity contribution in [3.63, 3.8) is 0 Å². The summed E-state index contributed by atoms with van der Waals surface area (Å²) in [5, 5.41) is 2.84. The van der Waals surface area contributed by atoms with Crippen LogP contribution in [0.1, 0.15) is 24.0 Å². The van der Waals surface area contributed by atoms with Crippen molar-refractivity contribution in [3.05, 3.63) is 64.6 Å². The Balaban J connectivity index is 1.41. The van der Waals surface area contributed by atoms with E-state index >= 15 is 0 Å². The van der Waals surface area contributed by atoms with Crippen LogP contribution in [0.4, 0.5) is 11.4 Å². The van der Waals surface area contributed by atoms with Crippen LogP contribution in [-0.2, 0) is 19.1 Å². The normalized spacial score (nSPS) is 22.0. The van der Waals surface area contributed by atoms with Gasteiger partial charge in [-0.05, 0) is 43.5 Å². The molecule has 0 aromatic heterocycles. The molecule has 3 aliphatic heterocycles. The van der Waals surface area contributed by atoms with Gasteiger partial charge in [-0.25, -0.2) is 0 Å². The van der Waals surface area contributed by atoms with E-state index in [1.807, 2.05) is 37.3 Å². The monoisotopic (exact) mass is 493 g/mol. The molecule has 0 radical (unpaired) electrons. The van der Waals surface area contributed by atoms with Crippen LogP contribution in [0.2, 0.25) is 0 Å². The van der Waals surface area contributed by atoms with Crippen molar-refractivity contribution in [1.82, 2.24) is 4.90 Å². The minimum absolute atomic E-state index is 0.0415. The number of para-hydroxylation sites is 1. The molecule has 1 N–H and O–H groups in total. The van der Waals surface area contributed by atoms with Crippen LogP contribution in [0.3, 0.4) is 0 Å². The Bertz CT molecular complexity index is 1240. The molecule has 0 aliphatic carbocycles. The Kier molecular flexibility index (Phi) is 6.24. The van der Waals surface area contributed by atoms with Gasteiger partial charge in [0.05, 0.1) is 28.8 Å². The summed E-state index contributed by atoms with van der Waals surface area (Å²) < 4.78 is 6.09. The lowest BCUT2D eigenvalue weighted by Crippen LogP contribution is -2.36. The molecule has 3 amide bonds. The van der Waals surface area contributed by atoms with Gasteiger partial charge in [0.1, 0.15) is 10.9 Å². The number of ether oxygens (including phenoxy) is 1. The maximum Gasteiger partial charge on any atom is 0.267 e. The Hall–Kier alpha value is -3.01. The van der Waals surface area contributed by atoms with Crippen LogP contribution in [0.5, 0.6) is 0 Å². The number of benzene rings is 2. The Morgan fingerprint density at radius 2 is 1.97 bits per heavy atom. The molecule has 174 valence electrons. The van der Waals surface area contributed by atoms with Gasteiger partial charge in [0.2, 0.25) is 5.91 Å². The first kappa shape index (κ1) is 22.8. The molecular formula is C25H23N3O4S2. The largest absolute Gasteiger partial charge is 0.376 e. The lowest BCUT2D eigenvalue weighted by molar-refractivity contribution is -0.123. The van der Waals surface area contributed by atoms with Crippen LogP contribution in [0, 0.1) is 6.92 Å². The second-order valence-corrected chi connectivity index (χ2v) is 10.1. The number of rotatable bonds is 5. The average molecular weight is 494 g/mol. The molecule has 5 rings (SSSR count). The number of hydrogen-bond acceptors (Lipinski definition) is 6. The molecule has 2 aromatic rings. The molecule has 2 aromatic carbocycles. The van der Waals surface area contributed by atoms with E-state index in [4.69, 9.17) is 17.0 Å². The van der Waals surface area contributed by atoms with Crippen molar-refractivity contribution >= 4 is 63.0 Å². The number of aryl methyl sites for hydroxylation is 1. The maximum atomic E-state index is 13.5. The van der Waals surface area contributed by atoms with Gasteiger partial charge in [-0.1, -0.05) is 54.3 Å².